The number of hydrogen-bond donors (Lipinski definition) is 2. The molecule has 2 aromatic rings. The first-order valence-electron chi connectivity index (χ1n) is 10.2. The number of aromatic nitrogens is 2. The van der Waals surface area contributed by atoms with Crippen LogP contribution in [0.15, 0.2) is 30.0 Å². The van der Waals surface area contributed by atoms with E-state index in [0.717, 1.165) is 37.4 Å². The molecule has 0 aromatic carbocycles. The van der Waals surface area contributed by atoms with Gasteiger partial charge in [0.1, 0.15) is 0 Å². The van der Waals surface area contributed by atoms with E-state index in [4.69, 9.17) is 9.90 Å². The lowest BCUT2D eigenvalue weighted by Crippen LogP contribution is -2.35. The quantitative estimate of drug-likeness (QED) is 0.733. The lowest BCUT2D eigenvalue weighted by Gasteiger charge is -2.34. The summed E-state index contributed by atoms with van der Waals surface area (Å²) in [6.45, 7) is 2.89. The molecule has 28 heavy (non-hydrogen) atoms. The summed E-state index contributed by atoms with van der Waals surface area (Å²) in [6.07, 6.45) is 12.7. The zero-order valence-corrected chi connectivity index (χ0v) is 17.1. The molecule has 2 aliphatic rings. The molecule has 1 unspecified atom stereocenters. The number of aliphatic hydroxyl groups excluding tert-OH is 1. The van der Waals surface area contributed by atoms with Crippen molar-refractivity contribution in [2.24, 2.45) is 5.92 Å². The van der Waals surface area contributed by atoms with Crippen LogP contribution in [0.2, 0.25) is 0 Å². The van der Waals surface area contributed by atoms with Crippen molar-refractivity contribution in [3.05, 3.63) is 40.6 Å². The molecule has 6 nitrogen and oxygen atoms in total. The fourth-order valence-electron chi connectivity index (χ4n) is 4.49. The third kappa shape index (κ3) is 5.43. The predicted octanol–water partition coefficient (Wildman–Crippen LogP) is 4.10. The zero-order valence-electron chi connectivity index (χ0n) is 16.3. The predicted molar refractivity (Wildman–Crippen MR) is 110 cm³/mol. The van der Waals surface area contributed by atoms with Crippen LogP contribution >= 0.6 is 11.3 Å². The molecule has 2 aromatic heterocycles. The standard InChI is InChI=1S/C20H29N3OS.CH2O2/c24-20(19-7-4-12-25-19)16-8-10-22(11-9-16)14-18-13-21-15-23(18)17-5-2-1-3-6-17;2-1-3/h4,7,12-13,15-17,20,24H,1-3,5-6,8-11,14H2;1H,(H,2,3). The second-order valence-electron chi connectivity index (χ2n) is 7.76. The molecule has 154 valence electrons. The number of likely N-dealkylation sites (tertiary alicyclic amines) is 1. The van der Waals surface area contributed by atoms with Crippen molar-refractivity contribution in [2.45, 2.75) is 63.6 Å². The number of aliphatic hydroxyl groups is 1. The first-order chi connectivity index (χ1) is 13.7. The average Bonchev–Trinajstić information content (AvgIpc) is 3.42. The molecule has 1 saturated carbocycles. The monoisotopic (exact) mass is 405 g/mol. The summed E-state index contributed by atoms with van der Waals surface area (Å²) < 4.78 is 2.44. The topological polar surface area (TPSA) is 78.6 Å². The van der Waals surface area contributed by atoms with Crippen LogP contribution in [0, 0.1) is 5.92 Å². The highest BCUT2D eigenvalue weighted by molar-refractivity contribution is 7.10. The van der Waals surface area contributed by atoms with Crippen molar-refractivity contribution < 1.29 is 15.0 Å². The molecule has 2 N–H and O–H groups in total. The molecule has 0 spiro atoms. The molecule has 4 rings (SSSR count). The molecule has 2 fully saturated rings. The second-order valence-corrected chi connectivity index (χ2v) is 8.74. The van der Waals surface area contributed by atoms with E-state index in [9.17, 15) is 5.11 Å². The molecular formula is C21H31N3O3S. The molecule has 0 bridgehead atoms. The van der Waals surface area contributed by atoms with Crippen molar-refractivity contribution >= 4 is 17.8 Å². The normalized spacial score (nSPS) is 20.3. The Kier molecular flexibility index (Phi) is 8.06. The van der Waals surface area contributed by atoms with Crippen molar-refractivity contribution in [3.63, 3.8) is 0 Å². The highest BCUT2D eigenvalue weighted by Crippen LogP contribution is 2.34. The summed E-state index contributed by atoms with van der Waals surface area (Å²) in [5, 5.41) is 19.5. The molecule has 7 heteroatoms. The summed E-state index contributed by atoms with van der Waals surface area (Å²) in [7, 11) is 0. The first kappa shape index (κ1) is 21.0. The second kappa shape index (κ2) is 10.7. The Balaban J connectivity index is 0.000000706. The lowest BCUT2D eigenvalue weighted by atomic mass is 9.90. The molecule has 3 heterocycles. The van der Waals surface area contributed by atoms with Crippen LogP contribution in [0.5, 0.6) is 0 Å². The Morgan fingerprint density at radius 1 is 1.21 bits per heavy atom. The maximum Gasteiger partial charge on any atom is 0.290 e. The van der Waals surface area contributed by atoms with Crippen LogP contribution in [0.1, 0.15) is 67.7 Å². The Morgan fingerprint density at radius 2 is 1.93 bits per heavy atom. The number of piperidine rings is 1. The molecule has 1 saturated heterocycles. The van der Waals surface area contributed by atoms with E-state index < -0.39 is 0 Å². The van der Waals surface area contributed by atoms with Gasteiger partial charge in [0.2, 0.25) is 0 Å². The fraction of sp³-hybridized carbons (Fsp3) is 0.619. The Hall–Kier alpha value is -1.70. The van der Waals surface area contributed by atoms with Crippen LogP contribution in [0.3, 0.4) is 0 Å². The zero-order chi connectivity index (χ0) is 19.8. The van der Waals surface area contributed by atoms with Gasteiger partial charge in [-0.15, -0.1) is 11.3 Å². The Labute approximate surface area is 170 Å². The van der Waals surface area contributed by atoms with Gasteiger partial charge in [0, 0.05) is 23.7 Å². The minimum atomic E-state index is -0.282. The maximum absolute atomic E-state index is 10.6. The first-order valence-corrected chi connectivity index (χ1v) is 11.1. The molecule has 0 radical (unpaired) electrons. The van der Waals surface area contributed by atoms with E-state index in [-0.39, 0.29) is 12.6 Å². The number of nitrogens with zero attached hydrogens (tertiary/aromatic N) is 3. The molecule has 1 aliphatic heterocycles. The molecule has 0 amide bonds. The smallest absolute Gasteiger partial charge is 0.290 e. The summed E-state index contributed by atoms with van der Waals surface area (Å²) in [5.41, 5.74) is 1.36. The number of thiophene rings is 1. The third-order valence-electron chi connectivity index (χ3n) is 6.01. The van der Waals surface area contributed by atoms with Gasteiger partial charge in [-0.25, -0.2) is 4.98 Å². The highest BCUT2D eigenvalue weighted by Gasteiger charge is 2.27. The van der Waals surface area contributed by atoms with Crippen molar-refractivity contribution in [1.82, 2.24) is 14.5 Å². The van der Waals surface area contributed by atoms with E-state index in [1.165, 1.54) is 37.8 Å². The summed E-state index contributed by atoms with van der Waals surface area (Å²) in [6, 6.07) is 4.75. The number of hydrogen-bond acceptors (Lipinski definition) is 5. The number of carbonyl (C=O) groups is 1. The lowest BCUT2D eigenvalue weighted by molar-refractivity contribution is -0.122. The highest BCUT2D eigenvalue weighted by atomic mass is 32.1. The molecule has 1 atom stereocenters. The van der Waals surface area contributed by atoms with Gasteiger partial charge in [0.25, 0.3) is 6.47 Å². The van der Waals surface area contributed by atoms with Gasteiger partial charge in [-0.3, -0.25) is 9.69 Å². The van der Waals surface area contributed by atoms with Crippen LogP contribution < -0.4 is 0 Å². The van der Waals surface area contributed by atoms with E-state index in [0.29, 0.717) is 12.0 Å². The Bertz CT molecular complexity index is 690. The van der Waals surface area contributed by atoms with Crippen LogP contribution in [-0.2, 0) is 11.3 Å². The number of rotatable bonds is 5. The SMILES string of the molecule is O=CO.OC(c1cccs1)C1CCN(Cc2cncn2C2CCCCC2)CC1. The summed E-state index contributed by atoms with van der Waals surface area (Å²) >= 11 is 1.67. The van der Waals surface area contributed by atoms with Crippen molar-refractivity contribution in [1.29, 1.82) is 0 Å². The van der Waals surface area contributed by atoms with Gasteiger partial charge in [-0.1, -0.05) is 25.3 Å². The molecular weight excluding hydrogens is 374 g/mol. The van der Waals surface area contributed by atoms with Gasteiger partial charge in [-0.2, -0.15) is 0 Å². The van der Waals surface area contributed by atoms with Gasteiger partial charge in [0.15, 0.2) is 0 Å². The van der Waals surface area contributed by atoms with Crippen molar-refractivity contribution in [2.75, 3.05) is 13.1 Å². The van der Waals surface area contributed by atoms with E-state index >= 15 is 0 Å². The minimum absolute atomic E-state index is 0.250. The van der Waals surface area contributed by atoms with Crippen LogP contribution in [0.25, 0.3) is 0 Å². The number of imidazole rings is 1. The third-order valence-corrected chi connectivity index (χ3v) is 6.96. The van der Waals surface area contributed by atoms with Crippen LogP contribution in [0.4, 0.5) is 0 Å². The van der Waals surface area contributed by atoms with E-state index in [2.05, 4.69) is 32.1 Å². The fourth-order valence-corrected chi connectivity index (χ4v) is 5.29. The van der Waals surface area contributed by atoms with Gasteiger partial charge >= 0.3 is 0 Å². The summed E-state index contributed by atoms with van der Waals surface area (Å²) in [5.74, 6) is 0.401. The van der Waals surface area contributed by atoms with Gasteiger partial charge in [0.05, 0.1) is 18.1 Å². The van der Waals surface area contributed by atoms with Crippen molar-refractivity contribution in [3.8, 4) is 0 Å². The maximum atomic E-state index is 10.6. The van der Waals surface area contributed by atoms with Gasteiger partial charge < -0.3 is 14.8 Å². The minimum Gasteiger partial charge on any atom is -0.483 e. The largest absolute Gasteiger partial charge is 0.483 e. The van der Waals surface area contributed by atoms with Crippen LogP contribution in [-0.4, -0.2) is 44.2 Å². The van der Waals surface area contributed by atoms with Gasteiger partial charge in [-0.05, 0) is 56.1 Å². The molecule has 1 aliphatic carbocycles. The van der Waals surface area contributed by atoms with E-state index in [1.807, 2.05) is 12.4 Å². The Morgan fingerprint density at radius 3 is 2.57 bits per heavy atom. The summed E-state index contributed by atoms with van der Waals surface area (Å²) in [4.78, 5) is 16.5. The number of carboxylic acid groups (broad SMARTS) is 1. The van der Waals surface area contributed by atoms with E-state index in [1.54, 1.807) is 11.3 Å². The average molecular weight is 406 g/mol.